The first kappa shape index (κ1) is 14.0. The predicted molar refractivity (Wildman–Crippen MR) is 72.3 cm³/mol. The molecule has 1 aromatic rings. The summed E-state index contributed by atoms with van der Waals surface area (Å²) in [6.45, 7) is 1.48. The Morgan fingerprint density at radius 1 is 1.35 bits per heavy atom. The lowest BCUT2D eigenvalue weighted by Gasteiger charge is -2.24. The molecule has 1 fully saturated rings. The summed E-state index contributed by atoms with van der Waals surface area (Å²) in [7, 11) is 0. The Bertz CT molecular complexity index is 539. The van der Waals surface area contributed by atoms with E-state index in [1.54, 1.807) is 12.1 Å². The minimum Gasteiger partial charge on any atom is -0.480 e. The zero-order valence-corrected chi connectivity index (χ0v) is 11.1. The van der Waals surface area contributed by atoms with E-state index in [2.05, 4.69) is 5.32 Å². The van der Waals surface area contributed by atoms with E-state index < -0.39 is 18.6 Å². The van der Waals surface area contributed by atoms with E-state index in [9.17, 15) is 14.4 Å². The van der Waals surface area contributed by atoms with Crippen LogP contribution in [0.15, 0.2) is 24.3 Å². The first-order valence-electron chi connectivity index (χ1n) is 6.36. The van der Waals surface area contributed by atoms with Crippen LogP contribution in [0.3, 0.4) is 0 Å². The number of anilines is 1. The smallest absolute Gasteiger partial charge is 0.323 e. The van der Waals surface area contributed by atoms with Gasteiger partial charge in [0.05, 0.1) is 0 Å². The maximum absolute atomic E-state index is 12.4. The van der Waals surface area contributed by atoms with Gasteiger partial charge in [-0.05, 0) is 25.5 Å². The van der Waals surface area contributed by atoms with E-state index in [1.807, 2.05) is 19.1 Å². The standard InChI is InChI=1S/C14H16N2O4/c1-9-2-4-10(5-3-9)16(8-13(18)19)14(20)11-6-7-12(17)15-11/h2-5,11H,6-8H2,1H3,(H,15,17)(H,18,19)/t11-/m0/s1. The molecule has 1 aromatic carbocycles. The molecule has 1 atom stereocenters. The Morgan fingerprint density at radius 2 is 2.00 bits per heavy atom. The Morgan fingerprint density at radius 3 is 2.50 bits per heavy atom. The second kappa shape index (κ2) is 5.73. The first-order valence-corrected chi connectivity index (χ1v) is 6.36. The van der Waals surface area contributed by atoms with Gasteiger partial charge in [-0.1, -0.05) is 17.7 Å². The van der Waals surface area contributed by atoms with Crippen LogP contribution >= 0.6 is 0 Å². The van der Waals surface area contributed by atoms with E-state index in [0.29, 0.717) is 18.5 Å². The second-order valence-electron chi connectivity index (χ2n) is 4.81. The summed E-state index contributed by atoms with van der Waals surface area (Å²) in [6.07, 6.45) is 0.699. The Labute approximate surface area is 116 Å². The molecule has 2 N–H and O–H groups in total. The molecule has 1 aliphatic rings. The topological polar surface area (TPSA) is 86.7 Å². The van der Waals surface area contributed by atoms with Gasteiger partial charge >= 0.3 is 5.97 Å². The molecular formula is C14H16N2O4. The summed E-state index contributed by atoms with van der Waals surface area (Å²) in [6, 6.07) is 6.39. The Kier molecular flexibility index (Phi) is 4.02. The molecule has 106 valence electrons. The van der Waals surface area contributed by atoms with Gasteiger partial charge < -0.3 is 10.4 Å². The number of hydrogen-bond donors (Lipinski definition) is 2. The molecule has 0 aliphatic carbocycles. The van der Waals surface area contributed by atoms with Crippen molar-refractivity contribution in [3.63, 3.8) is 0 Å². The quantitative estimate of drug-likeness (QED) is 0.847. The minimum atomic E-state index is -1.09. The fraction of sp³-hybridized carbons (Fsp3) is 0.357. The molecule has 2 rings (SSSR count). The van der Waals surface area contributed by atoms with Crippen LogP contribution in [0.1, 0.15) is 18.4 Å². The van der Waals surface area contributed by atoms with E-state index >= 15 is 0 Å². The fourth-order valence-electron chi connectivity index (χ4n) is 2.14. The number of amides is 2. The Balaban J connectivity index is 2.22. The zero-order valence-electron chi connectivity index (χ0n) is 11.1. The molecule has 0 unspecified atom stereocenters. The molecule has 20 heavy (non-hydrogen) atoms. The lowest BCUT2D eigenvalue weighted by molar-refractivity contribution is -0.136. The van der Waals surface area contributed by atoms with Crippen LogP contribution in [-0.4, -0.2) is 35.5 Å². The highest BCUT2D eigenvalue weighted by molar-refractivity contribution is 6.03. The third kappa shape index (κ3) is 3.14. The van der Waals surface area contributed by atoms with Crippen molar-refractivity contribution in [1.82, 2.24) is 5.32 Å². The summed E-state index contributed by atoms with van der Waals surface area (Å²) >= 11 is 0. The van der Waals surface area contributed by atoms with Gasteiger partial charge in [-0.15, -0.1) is 0 Å². The highest BCUT2D eigenvalue weighted by Gasteiger charge is 2.32. The van der Waals surface area contributed by atoms with Crippen molar-refractivity contribution in [2.45, 2.75) is 25.8 Å². The van der Waals surface area contributed by atoms with E-state index in [1.165, 1.54) is 4.90 Å². The number of hydrogen-bond acceptors (Lipinski definition) is 3. The van der Waals surface area contributed by atoms with E-state index in [0.717, 1.165) is 5.56 Å². The van der Waals surface area contributed by atoms with Gasteiger partial charge in [0.25, 0.3) is 0 Å². The van der Waals surface area contributed by atoms with Gasteiger partial charge in [-0.2, -0.15) is 0 Å². The zero-order chi connectivity index (χ0) is 14.7. The number of aliphatic carboxylic acids is 1. The highest BCUT2D eigenvalue weighted by atomic mass is 16.4. The number of carboxylic acids is 1. The SMILES string of the molecule is Cc1ccc(N(CC(=O)O)C(=O)[C@@H]2CCC(=O)N2)cc1. The third-order valence-electron chi connectivity index (χ3n) is 3.20. The normalized spacial score (nSPS) is 17.6. The van der Waals surface area contributed by atoms with Crippen molar-refractivity contribution in [2.24, 2.45) is 0 Å². The maximum Gasteiger partial charge on any atom is 0.323 e. The summed E-state index contributed by atoms with van der Waals surface area (Å²) in [5.74, 6) is -1.66. The monoisotopic (exact) mass is 276 g/mol. The van der Waals surface area contributed by atoms with Crippen LogP contribution in [-0.2, 0) is 14.4 Å². The number of rotatable bonds is 4. The molecular weight excluding hydrogens is 260 g/mol. The van der Waals surface area contributed by atoms with E-state index in [4.69, 9.17) is 5.11 Å². The molecule has 0 bridgehead atoms. The lowest BCUT2D eigenvalue weighted by Crippen LogP contribution is -2.46. The number of benzene rings is 1. The maximum atomic E-state index is 12.4. The number of carboxylic acid groups (broad SMARTS) is 1. The summed E-state index contributed by atoms with van der Waals surface area (Å²) in [5, 5.41) is 11.5. The van der Waals surface area contributed by atoms with Crippen molar-refractivity contribution < 1.29 is 19.5 Å². The third-order valence-corrected chi connectivity index (χ3v) is 3.20. The van der Waals surface area contributed by atoms with Crippen molar-refractivity contribution in [2.75, 3.05) is 11.4 Å². The average Bonchev–Trinajstić information content (AvgIpc) is 2.83. The molecule has 0 spiro atoms. The number of nitrogens with zero attached hydrogens (tertiary/aromatic N) is 1. The molecule has 1 aliphatic heterocycles. The number of carbonyl (C=O) groups is 3. The number of aryl methyl sites for hydroxylation is 1. The lowest BCUT2D eigenvalue weighted by atomic mass is 10.1. The van der Waals surface area contributed by atoms with Crippen LogP contribution in [0.2, 0.25) is 0 Å². The average molecular weight is 276 g/mol. The number of nitrogens with one attached hydrogen (secondary N) is 1. The van der Waals surface area contributed by atoms with Gasteiger partial charge in [0.15, 0.2) is 0 Å². The molecule has 1 heterocycles. The van der Waals surface area contributed by atoms with E-state index in [-0.39, 0.29) is 11.8 Å². The molecule has 2 amide bonds. The van der Waals surface area contributed by atoms with Crippen molar-refractivity contribution >= 4 is 23.5 Å². The molecule has 0 saturated carbocycles. The van der Waals surface area contributed by atoms with Crippen LogP contribution in [0.5, 0.6) is 0 Å². The van der Waals surface area contributed by atoms with Crippen LogP contribution in [0, 0.1) is 6.92 Å². The summed E-state index contributed by atoms with van der Waals surface area (Å²) < 4.78 is 0. The highest BCUT2D eigenvalue weighted by Crippen LogP contribution is 2.18. The van der Waals surface area contributed by atoms with Crippen molar-refractivity contribution in [1.29, 1.82) is 0 Å². The van der Waals surface area contributed by atoms with Gasteiger partial charge in [0.2, 0.25) is 11.8 Å². The predicted octanol–water partition coefficient (Wildman–Crippen LogP) is 0.691. The summed E-state index contributed by atoms with van der Waals surface area (Å²) in [4.78, 5) is 35.7. The van der Waals surface area contributed by atoms with Gasteiger partial charge in [-0.25, -0.2) is 0 Å². The number of carbonyl (C=O) groups excluding carboxylic acids is 2. The van der Waals surface area contributed by atoms with Crippen LogP contribution < -0.4 is 10.2 Å². The van der Waals surface area contributed by atoms with Crippen molar-refractivity contribution in [3.05, 3.63) is 29.8 Å². The summed E-state index contributed by atoms with van der Waals surface area (Å²) in [5.41, 5.74) is 1.54. The van der Waals surface area contributed by atoms with Gasteiger partial charge in [0, 0.05) is 12.1 Å². The molecule has 6 nitrogen and oxygen atoms in total. The molecule has 0 aromatic heterocycles. The molecule has 6 heteroatoms. The largest absolute Gasteiger partial charge is 0.480 e. The van der Waals surface area contributed by atoms with Crippen molar-refractivity contribution in [3.8, 4) is 0 Å². The van der Waals surface area contributed by atoms with Crippen LogP contribution in [0.4, 0.5) is 5.69 Å². The molecule has 1 saturated heterocycles. The molecule has 0 radical (unpaired) electrons. The van der Waals surface area contributed by atoms with Crippen LogP contribution in [0.25, 0.3) is 0 Å². The first-order chi connectivity index (χ1) is 9.47. The van der Waals surface area contributed by atoms with Gasteiger partial charge in [0.1, 0.15) is 12.6 Å². The second-order valence-corrected chi connectivity index (χ2v) is 4.81. The fourth-order valence-corrected chi connectivity index (χ4v) is 2.14. The Hall–Kier alpha value is -2.37. The minimum absolute atomic E-state index is 0.178. The van der Waals surface area contributed by atoms with Gasteiger partial charge in [-0.3, -0.25) is 19.3 Å².